The summed E-state index contributed by atoms with van der Waals surface area (Å²) in [5, 5.41) is 1.66. The average Bonchev–Trinajstić information content (AvgIpc) is 1.99. The molecule has 1 rings (SSSR count). The molecule has 0 atom stereocenters. The van der Waals surface area contributed by atoms with Crippen LogP contribution in [0.5, 0.6) is 0 Å². The maximum Gasteiger partial charge on any atom is 0.110 e. The van der Waals surface area contributed by atoms with Crippen LogP contribution >= 0.6 is 28.1 Å². The Hall–Kier alpha value is -0.280. The van der Waals surface area contributed by atoms with Gasteiger partial charge in [-0.15, -0.1) is 0 Å². The number of aromatic nitrogens is 1. The van der Waals surface area contributed by atoms with Crippen LogP contribution in [0.1, 0.15) is 16.7 Å². The normalized spacial score (nSPS) is 9.73. The molecule has 1 radical (unpaired) electrons. The highest BCUT2D eigenvalue weighted by atomic mass is 79.9. The fraction of sp³-hybridized carbons (Fsp3) is 0.250. The molecule has 0 saturated carbocycles. The first-order chi connectivity index (χ1) is 5.16. The quantitative estimate of drug-likeness (QED) is 0.542. The van der Waals surface area contributed by atoms with Crippen molar-refractivity contribution in [2.24, 2.45) is 0 Å². The third-order valence-corrected chi connectivity index (χ3v) is 2.56. The summed E-state index contributed by atoms with van der Waals surface area (Å²) in [7, 11) is 0. The Bertz CT molecular complexity index is 296. The molecule has 1 nitrogen and oxygen atoms in total. The van der Waals surface area contributed by atoms with E-state index >= 15 is 0 Å². The summed E-state index contributed by atoms with van der Waals surface area (Å²) in [6.07, 6.45) is 2.87. The molecule has 0 saturated heterocycles. The maximum absolute atomic E-state index is 4.86. The Morgan fingerprint density at radius 2 is 2.18 bits per heavy atom. The summed E-state index contributed by atoms with van der Waals surface area (Å²) in [5.74, 6) is 0. The third-order valence-electron chi connectivity index (χ3n) is 1.56. The predicted molar refractivity (Wildman–Crippen MR) is 53.0 cm³/mol. The number of rotatable bonds is 1. The van der Waals surface area contributed by atoms with Crippen LogP contribution in [0.4, 0.5) is 0 Å². The molecule has 0 bridgehead atoms. The molecule has 57 valence electrons. The first-order valence-corrected chi connectivity index (χ1v) is 4.42. The van der Waals surface area contributed by atoms with Crippen LogP contribution in [0.15, 0.2) is 4.60 Å². The topological polar surface area (TPSA) is 12.9 Å². The van der Waals surface area contributed by atoms with Gasteiger partial charge in [-0.25, -0.2) is 4.98 Å². The molecule has 1 aromatic rings. The van der Waals surface area contributed by atoms with E-state index in [-0.39, 0.29) is 0 Å². The van der Waals surface area contributed by atoms with Crippen molar-refractivity contribution in [1.29, 1.82) is 0 Å². The van der Waals surface area contributed by atoms with Gasteiger partial charge in [0, 0.05) is 5.37 Å². The predicted octanol–water partition coefficient (Wildman–Crippen LogP) is 2.61. The second-order valence-corrected chi connectivity index (χ2v) is 3.28. The number of pyridine rings is 1. The minimum Gasteiger partial charge on any atom is -0.239 e. The molecule has 0 aromatic carbocycles. The highest BCUT2D eigenvalue weighted by Gasteiger charge is 2.03. The van der Waals surface area contributed by atoms with Gasteiger partial charge in [0.25, 0.3) is 0 Å². The number of aryl methyl sites for hydroxylation is 1. The molecule has 3 heteroatoms. The van der Waals surface area contributed by atoms with Gasteiger partial charge in [-0.05, 0) is 46.5 Å². The Labute approximate surface area is 80.0 Å². The second-order valence-electron chi connectivity index (χ2n) is 2.30. The number of halogens is 1. The largest absolute Gasteiger partial charge is 0.239 e. The standard InChI is InChI=1S/C8H7BrNS/c1-5-3-10-8(9)6(2)7(5)4-11/h4H,1-2H3. The fourth-order valence-electron chi connectivity index (χ4n) is 0.846. The fourth-order valence-corrected chi connectivity index (χ4v) is 1.50. The van der Waals surface area contributed by atoms with Crippen molar-refractivity contribution < 1.29 is 0 Å². The van der Waals surface area contributed by atoms with E-state index in [1.165, 1.54) is 0 Å². The van der Waals surface area contributed by atoms with Gasteiger partial charge in [0.15, 0.2) is 0 Å². The molecule has 0 aliphatic heterocycles. The summed E-state index contributed by atoms with van der Waals surface area (Å²) >= 11 is 8.17. The van der Waals surface area contributed by atoms with Crippen molar-refractivity contribution in [3.63, 3.8) is 0 Å². The van der Waals surface area contributed by atoms with Gasteiger partial charge in [0.1, 0.15) is 4.60 Å². The summed E-state index contributed by atoms with van der Waals surface area (Å²) in [4.78, 5) is 4.01. The second kappa shape index (κ2) is 3.41. The van der Waals surface area contributed by atoms with Gasteiger partial charge in [0.2, 0.25) is 0 Å². The average molecular weight is 229 g/mol. The van der Waals surface area contributed by atoms with E-state index in [4.69, 9.17) is 12.2 Å². The lowest BCUT2D eigenvalue weighted by molar-refractivity contribution is 1.16. The van der Waals surface area contributed by atoms with Gasteiger partial charge in [-0.1, -0.05) is 12.2 Å². The Balaban J connectivity index is 3.40. The van der Waals surface area contributed by atoms with E-state index in [9.17, 15) is 0 Å². The lowest BCUT2D eigenvalue weighted by Gasteiger charge is -2.03. The lowest BCUT2D eigenvalue weighted by Crippen LogP contribution is -1.94. The molecule has 1 heterocycles. The number of nitrogens with zero attached hydrogens (tertiary/aromatic N) is 1. The molecular weight excluding hydrogens is 222 g/mol. The van der Waals surface area contributed by atoms with Crippen LogP contribution in [0, 0.1) is 20.0 Å². The lowest BCUT2D eigenvalue weighted by atomic mass is 10.1. The maximum atomic E-state index is 4.86. The van der Waals surface area contributed by atoms with Gasteiger partial charge in [-0.3, -0.25) is 0 Å². The zero-order valence-corrected chi connectivity index (χ0v) is 8.71. The third kappa shape index (κ3) is 1.65. The number of hydrogen-bond donors (Lipinski definition) is 0. The van der Waals surface area contributed by atoms with Crippen LogP contribution < -0.4 is 0 Å². The Kier molecular flexibility index (Phi) is 2.73. The zero-order valence-electron chi connectivity index (χ0n) is 6.31. The van der Waals surface area contributed by atoms with Crippen LogP contribution in [0.3, 0.4) is 0 Å². The monoisotopic (exact) mass is 228 g/mol. The van der Waals surface area contributed by atoms with E-state index in [1.807, 2.05) is 13.8 Å². The van der Waals surface area contributed by atoms with Crippen LogP contribution in [-0.2, 0) is 0 Å². The van der Waals surface area contributed by atoms with Crippen molar-refractivity contribution in [2.75, 3.05) is 0 Å². The van der Waals surface area contributed by atoms with Crippen LogP contribution in [0.2, 0.25) is 0 Å². The van der Waals surface area contributed by atoms with E-state index in [1.54, 1.807) is 5.37 Å². The van der Waals surface area contributed by atoms with Crippen molar-refractivity contribution >= 4 is 33.5 Å². The van der Waals surface area contributed by atoms with Gasteiger partial charge < -0.3 is 0 Å². The molecule has 0 aliphatic carbocycles. The van der Waals surface area contributed by atoms with Crippen molar-refractivity contribution in [2.45, 2.75) is 13.8 Å². The highest BCUT2D eigenvalue weighted by molar-refractivity contribution is 9.10. The minimum atomic E-state index is 0.819. The smallest absolute Gasteiger partial charge is 0.110 e. The van der Waals surface area contributed by atoms with E-state index in [0.29, 0.717) is 0 Å². The molecule has 0 amide bonds. The molecule has 11 heavy (non-hydrogen) atoms. The SMILES string of the molecule is Cc1[c]nc(Br)c(C)c1C=S. The molecule has 0 unspecified atom stereocenters. The Morgan fingerprint density at radius 1 is 1.55 bits per heavy atom. The first-order valence-electron chi connectivity index (χ1n) is 3.16. The highest BCUT2D eigenvalue weighted by Crippen LogP contribution is 2.17. The minimum absolute atomic E-state index is 0.819. The molecule has 0 aliphatic rings. The van der Waals surface area contributed by atoms with Gasteiger partial charge >= 0.3 is 0 Å². The van der Waals surface area contributed by atoms with E-state index in [0.717, 1.165) is 21.3 Å². The zero-order chi connectivity index (χ0) is 8.43. The number of hydrogen-bond acceptors (Lipinski definition) is 2. The molecular formula is C8H7BrNS. The molecule has 0 spiro atoms. The summed E-state index contributed by atoms with van der Waals surface area (Å²) in [5.41, 5.74) is 3.12. The van der Waals surface area contributed by atoms with Gasteiger partial charge in [-0.2, -0.15) is 0 Å². The molecule has 0 N–H and O–H groups in total. The van der Waals surface area contributed by atoms with Crippen molar-refractivity contribution in [1.82, 2.24) is 4.98 Å². The number of thiocarbonyl (C=S) groups is 1. The Morgan fingerprint density at radius 3 is 2.64 bits per heavy atom. The van der Waals surface area contributed by atoms with Crippen LogP contribution in [0.25, 0.3) is 0 Å². The van der Waals surface area contributed by atoms with Crippen LogP contribution in [-0.4, -0.2) is 10.4 Å². The van der Waals surface area contributed by atoms with Crippen molar-refractivity contribution in [3.05, 3.63) is 27.5 Å². The summed E-state index contributed by atoms with van der Waals surface area (Å²) in [6.45, 7) is 3.93. The molecule has 1 aromatic heterocycles. The van der Waals surface area contributed by atoms with Gasteiger partial charge in [0.05, 0.1) is 6.20 Å². The molecule has 0 fully saturated rings. The summed E-state index contributed by atoms with van der Waals surface area (Å²) < 4.78 is 0.819. The van der Waals surface area contributed by atoms with E-state index in [2.05, 4.69) is 27.1 Å². The first kappa shape index (κ1) is 8.81. The van der Waals surface area contributed by atoms with E-state index < -0.39 is 0 Å². The summed E-state index contributed by atoms with van der Waals surface area (Å²) in [6, 6.07) is 0. The van der Waals surface area contributed by atoms with Crippen molar-refractivity contribution in [3.8, 4) is 0 Å².